The van der Waals surface area contributed by atoms with Crippen LogP contribution in [0.15, 0.2) is 48.5 Å². The normalized spacial score (nSPS) is 20.9. The summed E-state index contributed by atoms with van der Waals surface area (Å²) in [5, 5.41) is 0. The molecular weight excluding hydrogens is 300 g/mol. The molecule has 126 valence electrons. The second-order valence-electron chi connectivity index (χ2n) is 6.57. The fourth-order valence-electron chi connectivity index (χ4n) is 3.53. The van der Waals surface area contributed by atoms with E-state index < -0.39 is 0 Å². The monoisotopic (exact) mass is 324 g/mol. The number of aryl methyl sites for hydroxylation is 1. The van der Waals surface area contributed by atoms with Crippen LogP contribution in [0.1, 0.15) is 5.56 Å². The van der Waals surface area contributed by atoms with E-state index in [4.69, 9.17) is 9.47 Å². The zero-order valence-electron chi connectivity index (χ0n) is 14.1. The van der Waals surface area contributed by atoms with Crippen molar-refractivity contribution in [3.05, 3.63) is 54.1 Å². The molecule has 1 fully saturated rings. The van der Waals surface area contributed by atoms with Gasteiger partial charge in [0.15, 0.2) is 11.5 Å². The number of anilines is 1. The van der Waals surface area contributed by atoms with E-state index >= 15 is 0 Å². The Hall–Kier alpha value is -2.20. The number of para-hydroxylation sites is 3. The Morgan fingerprint density at radius 1 is 0.917 bits per heavy atom. The molecule has 2 aromatic rings. The Bertz CT molecular complexity index is 696. The molecule has 0 saturated carbocycles. The summed E-state index contributed by atoms with van der Waals surface area (Å²) in [4.78, 5) is 4.97. The van der Waals surface area contributed by atoms with Gasteiger partial charge in [-0.2, -0.15) is 0 Å². The van der Waals surface area contributed by atoms with Gasteiger partial charge in [0.2, 0.25) is 0 Å². The maximum Gasteiger partial charge on any atom is 0.161 e. The summed E-state index contributed by atoms with van der Waals surface area (Å²) in [6.07, 6.45) is 0.116. The van der Waals surface area contributed by atoms with E-state index in [1.807, 2.05) is 24.3 Å². The van der Waals surface area contributed by atoms with Gasteiger partial charge in [0.1, 0.15) is 12.7 Å². The van der Waals surface area contributed by atoms with Crippen LogP contribution in [0.3, 0.4) is 0 Å². The zero-order chi connectivity index (χ0) is 16.4. The molecule has 0 bridgehead atoms. The number of rotatable bonds is 3. The minimum Gasteiger partial charge on any atom is -0.486 e. The SMILES string of the molecule is Cc1ccccc1N1CCN(C[C@H]2COc3ccccc3O2)CC1. The standard InChI is InChI=1S/C20H24N2O2/c1-16-6-2-3-7-18(16)22-12-10-21(11-13-22)14-17-15-23-19-8-4-5-9-20(19)24-17/h2-9,17H,10-15H2,1H3/t17-/m0/s1. The molecule has 2 aliphatic heterocycles. The Kier molecular flexibility index (Phi) is 4.30. The number of hydrogen-bond acceptors (Lipinski definition) is 4. The predicted octanol–water partition coefficient (Wildman–Crippen LogP) is 2.96. The Morgan fingerprint density at radius 3 is 2.42 bits per heavy atom. The molecule has 0 radical (unpaired) electrons. The molecule has 0 N–H and O–H groups in total. The summed E-state index contributed by atoms with van der Waals surface area (Å²) >= 11 is 0. The minimum absolute atomic E-state index is 0.116. The van der Waals surface area contributed by atoms with Crippen LogP contribution in [0.25, 0.3) is 0 Å². The number of fused-ring (bicyclic) bond motifs is 1. The van der Waals surface area contributed by atoms with Crippen molar-refractivity contribution in [1.29, 1.82) is 0 Å². The van der Waals surface area contributed by atoms with Crippen molar-refractivity contribution >= 4 is 5.69 Å². The third-order valence-corrected chi connectivity index (χ3v) is 4.86. The predicted molar refractivity (Wildman–Crippen MR) is 96.2 cm³/mol. The molecule has 2 aliphatic rings. The topological polar surface area (TPSA) is 24.9 Å². The van der Waals surface area contributed by atoms with Crippen LogP contribution in [0.4, 0.5) is 5.69 Å². The number of nitrogens with zero attached hydrogens (tertiary/aromatic N) is 2. The molecule has 0 aromatic heterocycles. The molecule has 4 rings (SSSR count). The number of piperazine rings is 1. The van der Waals surface area contributed by atoms with E-state index in [1.54, 1.807) is 0 Å². The molecule has 0 aliphatic carbocycles. The lowest BCUT2D eigenvalue weighted by atomic mass is 10.1. The van der Waals surface area contributed by atoms with Crippen molar-refractivity contribution in [2.45, 2.75) is 13.0 Å². The first-order chi connectivity index (χ1) is 11.8. The van der Waals surface area contributed by atoms with Crippen LogP contribution in [0.2, 0.25) is 0 Å². The third-order valence-electron chi connectivity index (χ3n) is 4.86. The summed E-state index contributed by atoms with van der Waals surface area (Å²) in [6.45, 7) is 8.01. The van der Waals surface area contributed by atoms with E-state index in [1.165, 1.54) is 11.3 Å². The molecule has 0 spiro atoms. The van der Waals surface area contributed by atoms with E-state index in [0.717, 1.165) is 44.2 Å². The Labute approximate surface area is 143 Å². The highest BCUT2D eigenvalue weighted by Crippen LogP contribution is 2.31. The third kappa shape index (κ3) is 3.20. The molecule has 1 saturated heterocycles. The van der Waals surface area contributed by atoms with Crippen LogP contribution < -0.4 is 14.4 Å². The molecule has 1 atom stereocenters. The maximum absolute atomic E-state index is 6.08. The number of hydrogen-bond donors (Lipinski definition) is 0. The van der Waals surface area contributed by atoms with Gasteiger partial charge in [0.25, 0.3) is 0 Å². The summed E-state index contributed by atoms with van der Waals surface area (Å²) < 4.78 is 11.9. The lowest BCUT2D eigenvalue weighted by Gasteiger charge is -2.38. The highest BCUT2D eigenvalue weighted by atomic mass is 16.6. The average Bonchev–Trinajstić information content (AvgIpc) is 2.63. The fourth-order valence-corrected chi connectivity index (χ4v) is 3.53. The molecule has 0 unspecified atom stereocenters. The molecule has 0 amide bonds. The first-order valence-electron chi connectivity index (χ1n) is 8.71. The largest absolute Gasteiger partial charge is 0.486 e. The summed E-state index contributed by atoms with van der Waals surface area (Å²) in [6, 6.07) is 16.6. The maximum atomic E-state index is 6.08. The van der Waals surface area contributed by atoms with Crippen LogP contribution in [-0.4, -0.2) is 50.3 Å². The van der Waals surface area contributed by atoms with Crippen molar-refractivity contribution < 1.29 is 9.47 Å². The molecule has 4 nitrogen and oxygen atoms in total. The summed E-state index contributed by atoms with van der Waals surface area (Å²) in [5.41, 5.74) is 2.72. The van der Waals surface area contributed by atoms with Crippen molar-refractivity contribution in [2.24, 2.45) is 0 Å². The highest BCUT2D eigenvalue weighted by Gasteiger charge is 2.25. The van der Waals surface area contributed by atoms with Crippen LogP contribution in [0, 0.1) is 6.92 Å². The molecule has 24 heavy (non-hydrogen) atoms. The average molecular weight is 324 g/mol. The van der Waals surface area contributed by atoms with Crippen molar-refractivity contribution in [3.8, 4) is 11.5 Å². The second kappa shape index (κ2) is 6.73. The minimum atomic E-state index is 0.116. The molecular formula is C20H24N2O2. The Morgan fingerprint density at radius 2 is 1.62 bits per heavy atom. The van der Waals surface area contributed by atoms with Gasteiger partial charge in [0, 0.05) is 38.4 Å². The van der Waals surface area contributed by atoms with Crippen LogP contribution in [0.5, 0.6) is 11.5 Å². The second-order valence-corrected chi connectivity index (χ2v) is 6.57. The Balaban J connectivity index is 1.32. The van der Waals surface area contributed by atoms with E-state index in [2.05, 4.69) is 41.0 Å². The van der Waals surface area contributed by atoms with Crippen LogP contribution in [-0.2, 0) is 0 Å². The zero-order valence-corrected chi connectivity index (χ0v) is 14.1. The van der Waals surface area contributed by atoms with Crippen LogP contribution >= 0.6 is 0 Å². The summed E-state index contributed by atoms with van der Waals surface area (Å²) in [7, 11) is 0. The van der Waals surface area contributed by atoms with Crippen molar-refractivity contribution in [3.63, 3.8) is 0 Å². The van der Waals surface area contributed by atoms with E-state index in [0.29, 0.717) is 6.61 Å². The first kappa shape index (κ1) is 15.3. The summed E-state index contributed by atoms with van der Waals surface area (Å²) in [5.74, 6) is 1.73. The van der Waals surface area contributed by atoms with Gasteiger partial charge in [-0.1, -0.05) is 30.3 Å². The number of benzene rings is 2. The van der Waals surface area contributed by atoms with E-state index in [-0.39, 0.29) is 6.10 Å². The molecule has 4 heteroatoms. The van der Waals surface area contributed by atoms with Gasteiger partial charge < -0.3 is 14.4 Å². The van der Waals surface area contributed by atoms with Gasteiger partial charge in [-0.25, -0.2) is 0 Å². The van der Waals surface area contributed by atoms with Crippen molar-refractivity contribution in [1.82, 2.24) is 4.90 Å². The lowest BCUT2D eigenvalue weighted by molar-refractivity contribution is 0.0571. The van der Waals surface area contributed by atoms with Crippen molar-refractivity contribution in [2.75, 3.05) is 44.2 Å². The highest BCUT2D eigenvalue weighted by molar-refractivity contribution is 5.53. The quantitative estimate of drug-likeness (QED) is 0.867. The van der Waals surface area contributed by atoms with Gasteiger partial charge in [-0.3, -0.25) is 4.90 Å². The van der Waals surface area contributed by atoms with E-state index in [9.17, 15) is 0 Å². The number of ether oxygens (including phenoxy) is 2. The molecule has 2 aromatic carbocycles. The molecule has 2 heterocycles. The van der Waals surface area contributed by atoms with Gasteiger partial charge in [-0.15, -0.1) is 0 Å². The van der Waals surface area contributed by atoms with Gasteiger partial charge in [0.05, 0.1) is 0 Å². The van der Waals surface area contributed by atoms with Gasteiger partial charge in [-0.05, 0) is 30.7 Å². The first-order valence-corrected chi connectivity index (χ1v) is 8.71. The van der Waals surface area contributed by atoms with Gasteiger partial charge >= 0.3 is 0 Å². The fraction of sp³-hybridized carbons (Fsp3) is 0.400. The smallest absolute Gasteiger partial charge is 0.161 e. The lowest BCUT2D eigenvalue weighted by Crippen LogP contribution is -2.50.